The molecule has 0 saturated carbocycles. The third-order valence-electron chi connectivity index (χ3n) is 2.28. The van der Waals surface area contributed by atoms with Gasteiger partial charge in [0.15, 0.2) is 11.5 Å². The lowest BCUT2D eigenvalue weighted by Gasteiger charge is -2.10. The Morgan fingerprint density at radius 1 is 1.35 bits per heavy atom. The van der Waals surface area contributed by atoms with E-state index in [1.807, 2.05) is 32.0 Å². The van der Waals surface area contributed by atoms with E-state index in [0.717, 1.165) is 11.4 Å². The van der Waals surface area contributed by atoms with E-state index >= 15 is 0 Å². The highest BCUT2D eigenvalue weighted by atomic mass is 16.7. The topological polar surface area (TPSA) is 59.6 Å². The minimum absolute atomic E-state index is 0.0299. The summed E-state index contributed by atoms with van der Waals surface area (Å²) in [6.45, 7) is 4.36. The molecule has 2 N–H and O–H groups in total. The minimum Gasteiger partial charge on any atom is -0.454 e. The van der Waals surface area contributed by atoms with Crippen LogP contribution in [0.1, 0.15) is 13.8 Å². The van der Waals surface area contributed by atoms with E-state index in [0.29, 0.717) is 5.75 Å². The Balaban J connectivity index is 1.89. The molecule has 0 radical (unpaired) electrons. The molecule has 0 bridgehead atoms. The van der Waals surface area contributed by atoms with Crippen molar-refractivity contribution in [1.82, 2.24) is 5.32 Å². The van der Waals surface area contributed by atoms with Crippen molar-refractivity contribution in [2.24, 2.45) is 0 Å². The maximum atomic E-state index is 11.4. The first-order valence-corrected chi connectivity index (χ1v) is 5.58. The Hall–Kier alpha value is -1.91. The largest absolute Gasteiger partial charge is 0.454 e. The maximum Gasteiger partial charge on any atom is 0.239 e. The number of benzene rings is 1. The van der Waals surface area contributed by atoms with Gasteiger partial charge in [-0.3, -0.25) is 4.79 Å². The molecule has 0 atom stereocenters. The lowest BCUT2D eigenvalue weighted by molar-refractivity contribution is -0.119. The van der Waals surface area contributed by atoms with Gasteiger partial charge in [0.25, 0.3) is 0 Å². The zero-order valence-electron chi connectivity index (χ0n) is 9.95. The van der Waals surface area contributed by atoms with Crippen LogP contribution in [0.4, 0.5) is 5.69 Å². The number of hydrogen-bond donors (Lipinski definition) is 2. The minimum atomic E-state index is -0.0299. The molecule has 0 unspecified atom stereocenters. The van der Waals surface area contributed by atoms with Crippen LogP contribution in [0.5, 0.6) is 11.5 Å². The molecule has 1 aliphatic rings. The zero-order chi connectivity index (χ0) is 12.3. The normalized spacial score (nSPS) is 12.6. The van der Waals surface area contributed by atoms with Crippen LogP contribution in [0.15, 0.2) is 18.2 Å². The number of ether oxygens (including phenoxy) is 2. The average Bonchev–Trinajstić information content (AvgIpc) is 2.72. The van der Waals surface area contributed by atoms with Crippen molar-refractivity contribution in [2.45, 2.75) is 19.9 Å². The molecular weight excluding hydrogens is 220 g/mol. The van der Waals surface area contributed by atoms with E-state index in [1.165, 1.54) is 0 Å². The number of amides is 1. The van der Waals surface area contributed by atoms with E-state index in [9.17, 15) is 4.79 Å². The molecule has 17 heavy (non-hydrogen) atoms. The first-order chi connectivity index (χ1) is 8.15. The number of carbonyl (C=O) groups excluding carboxylic acids is 1. The van der Waals surface area contributed by atoms with E-state index in [4.69, 9.17) is 9.47 Å². The Kier molecular flexibility index (Phi) is 3.37. The summed E-state index contributed by atoms with van der Waals surface area (Å²) in [5, 5.41) is 5.84. The van der Waals surface area contributed by atoms with Crippen molar-refractivity contribution in [3.63, 3.8) is 0 Å². The van der Waals surface area contributed by atoms with Crippen molar-refractivity contribution >= 4 is 11.6 Å². The van der Waals surface area contributed by atoms with Gasteiger partial charge in [-0.1, -0.05) is 0 Å². The molecule has 1 aromatic rings. The van der Waals surface area contributed by atoms with Gasteiger partial charge in [0.2, 0.25) is 12.7 Å². The Labute approximate surface area is 100 Å². The first kappa shape index (κ1) is 11.6. The summed E-state index contributed by atoms with van der Waals surface area (Å²) in [7, 11) is 0. The first-order valence-electron chi connectivity index (χ1n) is 5.58. The molecule has 1 aromatic carbocycles. The molecule has 0 aromatic heterocycles. The van der Waals surface area contributed by atoms with Crippen LogP contribution < -0.4 is 20.1 Å². The van der Waals surface area contributed by atoms with Crippen molar-refractivity contribution < 1.29 is 14.3 Å². The highest BCUT2D eigenvalue weighted by Gasteiger charge is 2.13. The van der Waals surface area contributed by atoms with Crippen LogP contribution >= 0.6 is 0 Å². The lowest BCUT2D eigenvalue weighted by Crippen LogP contribution is -2.34. The van der Waals surface area contributed by atoms with Gasteiger partial charge in [-0.25, -0.2) is 0 Å². The number of anilines is 1. The summed E-state index contributed by atoms with van der Waals surface area (Å²) in [5.74, 6) is 1.42. The number of carbonyl (C=O) groups is 1. The monoisotopic (exact) mass is 236 g/mol. The van der Waals surface area contributed by atoms with Gasteiger partial charge in [0, 0.05) is 17.8 Å². The highest BCUT2D eigenvalue weighted by Crippen LogP contribution is 2.33. The van der Waals surface area contributed by atoms with E-state index in [-0.39, 0.29) is 25.3 Å². The maximum absolute atomic E-state index is 11.4. The van der Waals surface area contributed by atoms with Gasteiger partial charge < -0.3 is 20.1 Å². The van der Waals surface area contributed by atoms with Gasteiger partial charge in [0.1, 0.15) is 0 Å². The van der Waals surface area contributed by atoms with Crippen LogP contribution in [-0.4, -0.2) is 25.3 Å². The highest BCUT2D eigenvalue weighted by molar-refractivity contribution is 5.81. The van der Waals surface area contributed by atoms with Gasteiger partial charge >= 0.3 is 0 Å². The van der Waals surface area contributed by atoms with E-state index < -0.39 is 0 Å². The summed E-state index contributed by atoms with van der Waals surface area (Å²) in [5.41, 5.74) is 0.841. The molecule has 92 valence electrons. The summed E-state index contributed by atoms with van der Waals surface area (Å²) < 4.78 is 10.5. The predicted octanol–water partition coefficient (Wildman–Crippen LogP) is 1.35. The van der Waals surface area contributed by atoms with Crippen LogP contribution in [0, 0.1) is 0 Å². The van der Waals surface area contributed by atoms with Crippen molar-refractivity contribution in [2.75, 3.05) is 18.7 Å². The second kappa shape index (κ2) is 4.95. The predicted molar refractivity (Wildman–Crippen MR) is 64.3 cm³/mol. The number of rotatable bonds is 4. The Morgan fingerprint density at radius 3 is 2.88 bits per heavy atom. The molecule has 1 amide bonds. The fourth-order valence-corrected chi connectivity index (χ4v) is 1.56. The SMILES string of the molecule is CC(C)NC(=O)CNc1ccc2c(c1)OCO2. The second-order valence-corrected chi connectivity index (χ2v) is 4.14. The molecular formula is C12H16N2O3. The molecule has 0 saturated heterocycles. The molecule has 0 aliphatic carbocycles. The molecule has 2 rings (SSSR count). The van der Waals surface area contributed by atoms with Crippen LogP contribution in [-0.2, 0) is 4.79 Å². The van der Waals surface area contributed by atoms with Crippen LogP contribution in [0.2, 0.25) is 0 Å². The van der Waals surface area contributed by atoms with Crippen molar-refractivity contribution in [3.8, 4) is 11.5 Å². The third-order valence-corrected chi connectivity index (χ3v) is 2.28. The van der Waals surface area contributed by atoms with Crippen molar-refractivity contribution in [1.29, 1.82) is 0 Å². The summed E-state index contributed by atoms with van der Waals surface area (Å²) >= 11 is 0. The fourth-order valence-electron chi connectivity index (χ4n) is 1.56. The Morgan fingerprint density at radius 2 is 2.12 bits per heavy atom. The van der Waals surface area contributed by atoms with Gasteiger partial charge in [-0.2, -0.15) is 0 Å². The molecule has 0 spiro atoms. The summed E-state index contributed by atoms with van der Waals surface area (Å²) in [4.78, 5) is 11.4. The van der Waals surface area contributed by atoms with Crippen LogP contribution in [0.3, 0.4) is 0 Å². The second-order valence-electron chi connectivity index (χ2n) is 4.14. The smallest absolute Gasteiger partial charge is 0.239 e. The number of fused-ring (bicyclic) bond motifs is 1. The number of nitrogens with one attached hydrogen (secondary N) is 2. The molecule has 1 aliphatic heterocycles. The standard InChI is InChI=1S/C12H16N2O3/c1-8(2)14-12(15)6-13-9-3-4-10-11(5-9)17-7-16-10/h3-5,8,13H,6-7H2,1-2H3,(H,14,15). The summed E-state index contributed by atoms with van der Waals surface area (Å²) in [6.07, 6.45) is 0. The fraction of sp³-hybridized carbons (Fsp3) is 0.417. The van der Waals surface area contributed by atoms with Gasteiger partial charge in [-0.05, 0) is 26.0 Å². The van der Waals surface area contributed by atoms with E-state index in [1.54, 1.807) is 0 Å². The van der Waals surface area contributed by atoms with Gasteiger partial charge in [0.05, 0.1) is 6.54 Å². The van der Waals surface area contributed by atoms with Crippen LogP contribution in [0.25, 0.3) is 0 Å². The molecule has 0 fully saturated rings. The lowest BCUT2D eigenvalue weighted by atomic mass is 10.3. The average molecular weight is 236 g/mol. The Bertz CT molecular complexity index is 418. The van der Waals surface area contributed by atoms with E-state index in [2.05, 4.69) is 10.6 Å². The van der Waals surface area contributed by atoms with Crippen molar-refractivity contribution in [3.05, 3.63) is 18.2 Å². The molecule has 5 nitrogen and oxygen atoms in total. The quantitative estimate of drug-likeness (QED) is 0.828. The zero-order valence-corrected chi connectivity index (χ0v) is 9.95. The third kappa shape index (κ3) is 3.03. The van der Waals surface area contributed by atoms with Gasteiger partial charge in [-0.15, -0.1) is 0 Å². The summed E-state index contributed by atoms with van der Waals surface area (Å²) in [6, 6.07) is 5.66. The number of hydrogen-bond acceptors (Lipinski definition) is 4. The molecule has 5 heteroatoms. The molecule has 1 heterocycles.